The molecular weight excluding hydrogens is 140 g/mol. The van der Waals surface area contributed by atoms with E-state index in [2.05, 4.69) is 6.92 Å². The van der Waals surface area contributed by atoms with E-state index in [1.54, 1.807) is 0 Å². The van der Waals surface area contributed by atoms with Crippen molar-refractivity contribution in [3.63, 3.8) is 0 Å². The van der Waals surface area contributed by atoms with Gasteiger partial charge < -0.3 is 9.53 Å². The quantitative estimate of drug-likeness (QED) is 0.419. The summed E-state index contributed by atoms with van der Waals surface area (Å²) in [6.07, 6.45) is 4.80. The Morgan fingerprint density at radius 1 is 1.45 bits per heavy atom. The van der Waals surface area contributed by atoms with Gasteiger partial charge in [0.05, 0.1) is 6.10 Å². The van der Waals surface area contributed by atoms with Crippen molar-refractivity contribution in [1.82, 2.24) is 0 Å². The van der Waals surface area contributed by atoms with Crippen molar-refractivity contribution in [2.24, 2.45) is 0 Å². The average Bonchev–Trinajstić information content (AvgIpc) is 2.03. The maximum Gasteiger partial charge on any atom is 0.122 e. The molecule has 0 amide bonds. The third-order valence-electron chi connectivity index (χ3n) is 1.67. The van der Waals surface area contributed by atoms with Crippen LogP contribution in [0, 0.1) is 0 Å². The van der Waals surface area contributed by atoms with Gasteiger partial charge in [0.15, 0.2) is 0 Å². The van der Waals surface area contributed by atoms with Gasteiger partial charge in [0.1, 0.15) is 6.29 Å². The van der Waals surface area contributed by atoms with Gasteiger partial charge in [0.25, 0.3) is 0 Å². The first-order valence-electron chi connectivity index (χ1n) is 4.40. The Bertz CT molecular complexity index is 91.6. The zero-order valence-corrected chi connectivity index (χ0v) is 7.51. The molecule has 0 aliphatic rings. The Labute approximate surface area is 68.9 Å². The minimum absolute atomic E-state index is 0.152. The van der Waals surface area contributed by atoms with Crippen molar-refractivity contribution in [2.45, 2.75) is 45.6 Å². The fourth-order valence-electron chi connectivity index (χ4n) is 0.854. The normalized spacial score (nSPS) is 12.9. The Balaban J connectivity index is 3.27. The molecular formula is C9H18O2. The predicted molar refractivity (Wildman–Crippen MR) is 45.6 cm³/mol. The average molecular weight is 158 g/mol. The van der Waals surface area contributed by atoms with E-state index < -0.39 is 0 Å². The lowest BCUT2D eigenvalue weighted by atomic mass is 10.2. The smallest absolute Gasteiger partial charge is 0.122 e. The van der Waals surface area contributed by atoms with E-state index in [1.807, 2.05) is 6.92 Å². The van der Waals surface area contributed by atoms with Crippen LogP contribution in [0.4, 0.5) is 0 Å². The molecule has 0 aliphatic heterocycles. The Kier molecular flexibility index (Phi) is 7.47. The molecule has 0 unspecified atom stereocenters. The summed E-state index contributed by atoms with van der Waals surface area (Å²) in [7, 11) is 0. The summed E-state index contributed by atoms with van der Waals surface area (Å²) in [6, 6.07) is 0. The van der Waals surface area contributed by atoms with Gasteiger partial charge in [0.2, 0.25) is 0 Å². The highest BCUT2D eigenvalue weighted by Gasteiger charge is 2.03. The van der Waals surface area contributed by atoms with E-state index in [0.29, 0.717) is 6.42 Å². The highest BCUT2D eigenvalue weighted by atomic mass is 16.5. The number of aldehydes is 1. The molecule has 0 heterocycles. The SMILES string of the molecule is CCCCO[C@H](CC)CC=O. The second-order valence-corrected chi connectivity index (χ2v) is 2.66. The number of rotatable bonds is 7. The third kappa shape index (κ3) is 6.05. The molecule has 0 spiro atoms. The summed E-state index contributed by atoms with van der Waals surface area (Å²) < 4.78 is 5.44. The lowest BCUT2D eigenvalue weighted by molar-refractivity contribution is -0.110. The first kappa shape index (κ1) is 10.6. The van der Waals surface area contributed by atoms with Gasteiger partial charge in [-0.2, -0.15) is 0 Å². The zero-order chi connectivity index (χ0) is 8.53. The molecule has 11 heavy (non-hydrogen) atoms. The zero-order valence-electron chi connectivity index (χ0n) is 7.51. The Morgan fingerprint density at radius 3 is 2.64 bits per heavy atom. The highest BCUT2D eigenvalue weighted by Crippen LogP contribution is 2.02. The van der Waals surface area contributed by atoms with E-state index in [-0.39, 0.29) is 6.10 Å². The van der Waals surface area contributed by atoms with E-state index in [4.69, 9.17) is 4.74 Å². The monoisotopic (exact) mass is 158 g/mol. The lowest BCUT2D eigenvalue weighted by Crippen LogP contribution is -2.12. The van der Waals surface area contributed by atoms with Crippen LogP contribution in [0.3, 0.4) is 0 Å². The number of unbranched alkanes of at least 4 members (excludes halogenated alkanes) is 1. The largest absolute Gasteiger partial charge is 0.378 e. The van der Waals surface area contributed by atoms with Crippen LogP contribution in [0.15, 0.2) is 0 Å². The second kappa shape index (κ2) is 7.73. The Hall–Kier alpha value is -0.370. The minimum atomic E-state index is 0.152. The van der Waals surface area contributed by atoms with Crippen LogP contribution in [0.5, 0.6) is 0 Å². The van der Waals surface area contributed by atoms with E-state index >= 15 is 0 Å². The molecule has 0 rings (SSSR count). The van der Waals surface area contributed by atoms with Crippen LogP contribution in [0.2, 0.25) is 0 Å². The van der Waals surface area contributed by atoms with Gasteiger partial charge in [-0.15, -0.1) is 0 Å². The topological polar surface area (TPSA) is 26.3 Å². The fraction of sp³-hybridized carbons (Fsp3) is 0.889. The predicted octanol–water partition coefficient (Wildman–Crippen LogP) is 2.17. The summed E-state index contributed by atoms with van der Waals surface area (Å²) >= 11 is 0. The highest BCUT2D eigenvalue weighted by molar-refractivity contribution is 5.50. The standard InChI is InChI=1S/C9H18O2/c1-3-5-8-11-9(4-2)6-7-10/h7,9H,3-6,8H2,1-2H3/t9-/m1/s1. The van der Waals surface area contributed by atoms with Crippen LogP contribution >= 0.6 is 0 Å². The van der Waals surface area contributed by atoms with E-state index in [1.165, 1.54) is 0 Å². The molecule has 2 heteroatoms. The maximum atomic E-state index is 10.1. The molecule has 0 aromatic carbocycles. The summed E-state index contributed by atoms with van der Waals surface area (Å²) in [5.74, 6) is 0. The molecule has 1 atom stereocenters. The summed E-state index contributed by atoms with van der Waals surface area (Å²) in [5, 5.41) is 0. The van der Waals surface area contributed by atoms with Gasteiger partial charge in [-0.1, -0.05) is 20.3 Å². The molecule has 2 nitrogen and oxygen atoms in total. The van der Waals surface area contributed by atoms with Crippen LogP contribution in [0.1, 0.15) is 39.5 Å². The lowest BCUT2D eigenvalue weighted by Gasteiger charge is -2.12. The number of carbonyl (C=O) groups excluding carboxylic acids is 1. The molecule has 0 bridgehead atoms. The number of hydrogen-bond donors (Lipinski definition) is 0. The van der Waals surface area contributed by atoms with Gasteiger partial charge in [-0.05, 0) is 12.8 Å². The number of ether oxygens (including phenoxy) is 1. The molecule has 0 aliphatic carbocycles. The van der Waals surface area contributed by atoms with Crippen LogP contribution in [-0.4, -0.2) is 19.0 Å². The van der Waals surface area contributed by atoms with Gasteiger partial charge >= 0.3 is 0 Å². The first-order chi connectivity index (χ1) is 5.35. The molecule has 66 valence electrons. The third-order valence-corrected chi connectivity index (χ3v) is 1.67. The summed E-state index contributed by atoms with van der Waals surface area (Å²) in [5.41, 5.74) is 0. The van der Waals surface area contributed by atoms with Crippen LogP contribution < -0.4 is 0 Å². The fourth-order valence-corrected chi connectivity index (χ4v) is 0.854. The number of carbonyl (C=O) groups is 1. The second-order valence-electron chi connectivity index (χ2n) is 2.66. The van der Waals surface area contributed by atoms with Crippen molar-refractivity contribution in [3.05, 3.63) is 0 Å². The van der Waals surface area contributed by atoms with E-state index in [0.717, 1.165) is 32.2 Å². The van der Waals surface area contributed by atoms with Gasteiger partial charge in [-0.25, -0.2) is 0 Å². The molecule has 0 saturated carbocycles. The van der Waals surface area contributed by atoms with Crippen molar-refractivity contribution in [2.75, 3.05) is 6.61 Å². The van der Waals surface area contributed by atoms with Crippen molar-refractivity contribution in [3.8, 4) is 0 Å². The molecule has 0 fully saturated rings. The molecule has 0 aromatic rings. The molecule has 0 N–H and O–H groups in total. The van der Waals surface area contributed by atoms with Gasteiger partial charge in [0, 0.05) is 13.0 Å². The van der Waals surface area contributed by atoms with Crippen LogP contribution in [0.25, 0.3) is 0 Å². The molecule has 0 radical (unpaired) electrons. The van der Waals surface area contributed by atoms with Gasteiger partial charge in [-0.3, -0.25) is 0 Å². The van der Waals surface area contributed by atoms with Crippen molar-refractivity contribution < 1.29 is 9.53 Å². The number of hydrogen-bond acceptors (Lipinski definition) is 2. The van der Waals surface area contributed by atoms with Crippen molar-refractivity contribution in [1.29, 1.82) is 0 Å². The first-order valence-corrected chi connectivity index (χ1v) is 4.40. The summed E-state index contributed by atoms with van der Waals surface area (Å²) in [4.78, 5) is 10.1. The van der Waals surface area contributed by atoms with Crippen LogP contribution in [-0.2, 0) is 9.53 Å². The molecule has 0 saturated heterocycles. The van der Waals surface area contributed by atoms with E-state index in [9.17, 15) is 4.79 Å². The maximum absolute atomic E-state index is 10.1. The summed E-state index contributed by atoms with van der Waals surface area (Å²) in [6.45, 7) is 4.97. The van der Waals surface area contributed by atoms with Crippen molar-refractivity contribution >= 4 is 6.29 Å². The minimum Gasteiger partial charge on any atom is -0.378 e. The Morgan fingerprint density at radius 2 is 2.18 bits per heavy atom. The molecule has 0 aromatic heterocycles.